The van der Waals surface area contributed by atoms with E-state index in [4.69, 9.17) is 0 Å². The Morgan fingerprint density at radius 3 is 1.64 bits per heavy atom. The number of nitrogens with one attached hydrogen (secondary N) is 1. The summed E-state index contributed by atoms with van der Waals surface area (Å²) in [7, 11) is 1.90. The van der Waals surface area contributed by atoms with Crippen LogP contribution in [0.3, 0.4) is 0 Å². The van der Waals surface area contributed by atoms with Crippen LogP contribution < -0.4 is 5.32 Å². The van der Waals surface area contributed by atoms with Crippen LogP contribution >= 0.6 is 0 Å². The summed E-state index contributed by atoms with van der Waals surface area (Å²) in [6.45, 7) is 6.62. The van der Waals surface area contributed by atoms with Gasteiger partial charge in [0.2, 0.25) is 0 Å². The predicted octanol–water partition coefficient (Wildman–Crippen LogP) is 4.48. The third kappa shape index (κ3) is 4.55. The van der Waals surface area contributed by atoms with E-state index in [0.717, 1.165) is 16.8 Å². The lowest BCUT2D eigenvalue weighted by Gasteiger charge is -2.18. The van der Waals surface area contributed by atoms with Crippen LogP contribution in [0.4, 0.5) is 5.69 Å². The average molecular weight is 293 g/mol. The minimum absolute atomic E-state index is 0.174. The third-order valence-corrected chi connectivity index (χ3v) is 3.46. The number of anilines is 1. The summed E-state index contributed by atoms with van der Waals surface area (Å²) in [6, 6.07) is 16.4. The van der Waals surface area contributed by atoms with E-state index in [2.05, 4.69) is 60.6 Å². The van der Waals surface area contributed by atoms with E-state index in [1.807, 2.05) is 31.3 Å². The summed E-state index contributed by atoms with van der Waals surface area (Å²) < 4.78 is 0. The van der Waals surface area contributed by atoms with Gasteiger partial charge in [-0.2, -0.15) is 10.2 Å². The van der Waals surface area contributed by atoms with Gasteiger partial charge in [-0.05, 0) is 34.2 Å². The van der Waals surface area contributed by atoms with E-state index >= 15 is 0 Å². The van der Waals surface area contributed by atoms with E-state index in [1.165, 1.54) is 5.56 Å². The van der Waals surface area contributed by atoms with E-state index in [9.17, 15) is 0 Å². The fourth-order valence-corrected chi connectivity index (χ4v) is 2.01. The third-order valence-electron chi connectivity index (χ3n) is 3.46. The zero-order valence-electron chi connectivity index (χ0n) is 13.7. The maximum absolute atomic E-state index is 4.10. The first-order valence-electron chi connectivity index (χ1n) is 7.44. The zero-order valence-corrected chi connectivity index (χ0v) is 13.7. The Labute approximate surface area is 132 Å². The standard InChI is InChI=1S/C19H23N3/c1-19(2,3)17-9-5-15(6-10-17)13-21-22-14-16-7-11-18(20-4)12-8-16/h5-14,20H,1-4H3/b21-13+,22-14+. The molecular weight excluding hydrogens is 270 g/mol. The highest BCUT2D eigenvalue weighted by Gasteiger charge is 2.12. The quantitative estimate of drug-likeness (QED) is 0.655. The summed E-state index contributed by atoms with van der Waals surface area (Å²) in [5.74, 6) is 0. The van der Waals surface area contributed by atoms with Crippen LogP contribution in [-0.2, 0) is 5.41 Å². The van der Waals surface area contributed by atoms with Crippen molar-refractivity contribution in [2.75, 3.05) is 12.4 Å². The van der Waals surface area contributed by atoms with Gasteiger partial charge in [-0.3, -0.25) is 0 Å². The highest BCUT2D eigenvalue weighted by atomic mass is 15.2. The van der Waals surface area contributed by atoms with Crippen LogP contribution in [0.1, 0.15) is 37.5 Å². The molecule has 0 aliphatic carbocycles. The van der Waals surface area contributed by atoms with Crippen molar-refractivity contribution >= 4 is 18.1 Å². The number of hydrogen-bond donors (Lipinski definition) is 1. The molecule has 0 spiro atoms. The molecule has 2 aromatic carbocycles. The van der Waals surface area contributed by atoms with Gasteiger partial charge in [-0.15, -0.1) is 0 Å². The predicted molar refractivity (Wildman–Crippen MR) is 96.3 cm³/mol. The lowest BCUT2D eigenvalue weighted by atomic mass is 9.87. The second-order valence-corrected chi connectivity index (χ2v) is 6.23. The van der Waals surface area contributed by atoms with Gasteiger partial charge < -0.3 is 5.32 Å². The molecule has 0 aromatic heterocycles. The van der Waals surface area contributed by atoms with Crippen molar-refractivity contribution in [1.82, 2.24) is 0 Å². The molecule has 0 aliphatic rings. The molecule has 3 nitrogen and oxygen atoms in total. The van der Waals surface area contributed by atoms with Gasteiger partial charge in [0, 0.05) is 12.7 Å². The highest BCUT2D eigenvalue weighted by molar-refractivity contribution is 5.83. The SMILES string of the molecule is CNc1ccc(/C=N/N=C/c2ccc(C(C)(C)C)cc2)cc1. The zero-order chi connectivity index (χ0) is 16.0. The normalized spacial score (nSPS) is 12.2. The fraction of sp³-hybridized carbons (Fsp3) is 0.263. The molecule has 2 aromatic rings. The molecular formula is C19H23N3. The Morgan fingerprint density at radius 2 is 1.23 bits per heavy atom. The second kappa shape index (κ2) is 7.03. The van der Waals surface area contributed by atoms with Crippen molar-refractivity contribution in [2.24, 2.45) is 10.2 Å². The summed E-state index contributed by atoms with van der Waals surface area (Å²) in [5, 5.41) is 11.3. The van der Waals surface area contributed by atoms with Gasteiger partial charge in [0.25, 0.3) is 0 Å². The summed E-state index contributed by atoms with van der Waals surface area (Å²) in [4.78, 5) is 0. The maximum Gasteiger partial charge on any atom is 0.0568 e. The molecule has 0 heterocycles. The number of hydrogen-bond acceptors (Lipinski definition) is 3. The molecule has 0 amide bonds. The Morgan fingerprint density at radius 1 is 0.773 bits per heavy atom. The number of benzene rings is 2. The first kappa shape index (κ1) is 16.0. The first-order chi connectivity index (χ1) is 10.5. The van der Waals surface area contributed by atoms with Crippen LogP contribution in [0.5, 0.6) is 0 Å². The van der Waals surface area contributed by atoms with Crippen LogP contribution in [-0.4, -0.2) is 19.5 Å². The van der Waals surface area contributed by atoms with Gasteiger partial charge in [0.15, 0.2) is 0 Å². The van der Waals surface area contributed by atoms with Crippen LogP contribution in [0, 0.1) is 0 Å². The molecule has 3 heteroatoms. The molecule has 1 N–H and O–H groups in total. The molecule has 2 rings (SSSR count). The summed E-state index contributed by atoms with van der Waals surface area (Å²) in [6.07, 6.45) is 3.52. The fourth-order valence-electron chi connectivity index (χ4n) is 2.01. The van der Waals surface area contributed by atoms with Crippen molar-refractivity contribution in [3.63, 3.8) is 0 Å². The van der Waals surface area contributed by atoms with Gasteiger partial charge >= 0.3 is 0 Å². The monoisotopic (exact) mass is 293 g/mol. The lowest BCUT2D eigenvalue weighted by Crippen LogP contribution is -2.10. The van der Waals surface area contributed by atoms with E-state index in [0.29, 0.717) is 0 Å². The molecule has 0 unspecified atom stereocenters. The van der Waals surface area contributed by atoms with Crippen molar-refractivity contribution in [3.05, 3.63) is 65.2 Å². The summed E-state index contributed by atoms with van der Waals surface area (Å²) in [5.41, 5.74) is 4.65. The molecule has 0 saturated heterocycles. The molecule has 0 bridgehead atoms. The topological polar surface area (TPSA) is 36.8 Å². The first-order valence-corrected chi connectivity index (χ1v) is 7.44. The summed E-state index contributed by atoms with van der Waals surface area (Å²) >= 11 is 0. The lowest BCUT2D eigenvalue weighted by molar-refractivity contribution is 0.590. The molecule has 0 saturated carbocycles. The van der Waals surface area contributed by atoms with E-state index in [-0.39, 0.29) is 5.41 Å². The van der Waals surface area contributed by atoms with E-state index in [1.54, 1.807) is 12.4 Å². The minimum atomic E-state index is 0.174. The van der Waals surface area contributed by atoms with Gasteiger partial charge in [0.05, 0.1) is 12.4 Å². The molecule has 22 heavy (non-hydrogen) atoms. The molecule has 0 aliphatic heterocycles. The largest absolute Gasteiger partial charge is 0.388 e. The van der Waals surface area contributed by atoms with Crippen molar-refractivity contribution < 1.29 is 0 Å². The van der Waals surface area contributed by atoms with Crippen LogP contribution in [0.15, 0.2) is 58.7 Å². The molecule has 114 valence electrons. The Balaban J connectivity index is 1.98. The van der Waals surface area contributed by atoms with Gasteiger partial charge in [0.1, 0.15) is 0 Å². The molecule has 0 fully saturated rings. The molecule has 0 atom stereocenters. The smallest absolute Gasteiger partial charge is 0.0568 e. The number of rotatable bonds is 4. The second-order valence-electron chi connectivity index (χ2n) is 6.23. The highest BCUT2D eigenvalue weighted by Crippen LogP contribution is 2.21. The van der Waals surface area contributed by atoms with Crippen LogP contribution in [0.25, 0.3) is 0 Å². The Kier molecular flexibility index (Phi) is 5.10. The van der Waals surface area contributed by atoms with Crippen molar-refractivity contribution in [1.29, 1.82) is 0 Å². The van der Waals surface area contributed by atoms with Gasteiger partial charge in [-0.1, -0.05) is 57.2 Å². The Bertz CT molecular complexity index is 645. The van der Waals surface area contributed by atoms with Gasteiger partial charge in [-0.25, -0.2) is 0 Å². The minimum Gasteiger partial charge on any atom is -0.388 e. The van der Waals surface area contributed by atoms with Crippen molar-refractivity contribution in [3.8, 4) is 0 Å². The van der Waals surface area contributed by atoms with E-state index < -0.39 is 0 Å². The number of nitrogens with zero attached hydrogens (tertiary/aromatic N) is 2. The van der Waals surface area contributed by atoms with Crippen molar-refractivity contribution in [2.45, 2.75) is 26.2 Å². The maximum atomic E-state index is 4.10. The Hall–Kier alpha value is -2.42. The van der Waals surface area contributed by atoms with Crippen LogP contribution in [0.2, 0.25) is 0 Å². The average Bonchev–Trinajstić information content (AvgIpc) is 2.52. The molecule has 0 radical (unpaired) electrons.